The standard InChI is InChI=1S/C18H23FN6O3S/c1-5-14-15(29(21,28)24-10(2)11(3)26)9-25(4)17(14)18(27)23-12-6-13(8-20)22-16(19)7-12/h6-7,9-11,26H,5H2,1-4H3,(H2,21,24,28)(H,22,23,27)/t10-,11+,29?/m1/s1. The molecule has 29 heavy (non-hydrogen) atoms. The van der Waals surface area contributed by atoms with Crippen molar-refractivity contribution in [2.45, 2.75) is 44.2 Å². The first-order valence-electron chi connectivity index (χ1n) is 8.81. The smallest absolute Gasteiger partial charge is 0.272 e. The van der Waals surface area contributed by atoms with Gasteiger partial charge in [-0.25, -0.2) is 18.7 Å². The predicted octanol–water partition coefficient (Wildman–Crippen LogP) is 1.93. The van der Waals surface area contributed by atoms with Crippen molar-refractivity contribution in [1.29, 1.82) is 10.0 Å². The zero-order chi connectivity index (χ0) is 21.9. The average Bonchev–Trinajstić information content (AvgIpc) is 2.98. The Kier molecular flexibility index (Phi) is 6.73. The van der Waals surface area contributed by atoms with E-state index >= 15 is 0 Å². The molecule has 11 heteroatoms. The van der Waals surface area contributed by atoms with Crippen LogP contribution in [0.3, 0.4) is 0 Å². The largest absolute Gasteiger partial charge is 0.392 e. The van der Waals surface area contributed by atoms with Crippen LogP contribution in [0.5, 0.6) is 0 Å². The van der Waals surface area contributed by atoms with Crippen LogP contribution in [0.2, 0.25) is 0 Å². The molecule has 0 saturated heterocycles. The summed E-state index contributed by atoms with van der Waals surface area (Å²) in [6.07, 6.45) is 0.917. The Bertz CT molecular complexity index is 1070. The zero-order valence-electron chi connectivity index (χ0n) is 16.5. The second-order valence-electron chi connectivity index (χ2n) is 6.62. The lowest BCUT2D eigenvalue weighted by Crippen LogP contribution is -2.39. The molecule has 0 fully saturated rings. The summed E-state index contributed by atoms with van der Waals surface area (Å²) in [5, 5.41) is 21.0. The van der Waals surface area contributed by atoms with Gasteiger partial charge in [0.1, 0.15) is 27.4 Å². The first kappa shape index (κ1) is 22.5. The molecule has 2 rings (SSSR count). The Morgan fingerprint density at radius 1 is 1.48 bits per heavy atom. The van der Waals surface area contributed by atoms with Crippen molar-refractivity contribution in [3.63, 3.8) is 0 Å². The molecule has 156 valence electrons. The lowest BCUT2D eigenvalue weighted by atomic mass is 10.2. The Morgan fingerprint density at radius 2 is 2.14 bits per heavy atom. The van der Waals surface area contributed by atoms with Gasteiger partial charge in [0, 0.05) is 36.6 Å². The van der Waals surface area contributed by atoms with Gasteiger partial charge in [-0.1, -0.05) is 6.92 Å². The highest BCUT2D eigenvalue weighted by Crippen LogP contribution is 2.24. The van der Waals surface area contributed by atoms with E-state index in [-0.39, 0.29) is 22.0 Å². The number of carbonyl (C=O) groups is 1. The number of hydrogen-bond acceptors (Lipinski definition) is 6. The highest BCUT2D eigenvalue weighted by Gasteiger charge is 2.26. The molecule has 3 atom stereocenters. The van der Waals surface area contributed by atoms with Crippen LogP contribution in [0, 0.1) is 22.1 Å². The molecule has 9 nitrogen and oxygen atoms in total. The van der Waals surface area contributed by atoms with Crippen molar-refractivity contribution in [3.05, 3.63) is 41.2 Å². The van der Waals surface area contributed by atoms with Crippen LogP contribution >= 0.6 is 0 Å². The molecule has 4 N–H and O–H groups in total. The number of aliphatic hydroxyl groups excluding tert-OH is 1. The second-order valence-corrected chi connectivity index (χ2v) is 8.41. The number of hydrogen-bond donors (Lipinski definition) is 4. The van der Waals surface area contributed by atoms with E-state index in [1.54, 1.807) is 27.0 Å². The van der Waals surface area contributed by atoms with Gasteiger partial charge in [0.2, 0.25) is 5.95 Å². The first-order valence-corrected chi connectivity index (χ1v) is 10.4. The Hall–Kier alpha value is -2.81. The number of amides is 1. The summed E-state index contributed by atoms with van der Waals surface area (Å²) in [7, 11) is -1.93. The van der Waals surface area contributed by atoms with Crippen LogP contribution < -0.4 is 10.0 Å². The summed E-state index contributed by atoms with van der Waals surface area (Å²) in [6.45, 7) is 4.87. The quantitative estimate of drug-likeness (QED) is 0.504. The average molecular weight is 422 g/mol. The number of nitrogens with one attached hydrogen (secondary N) is 3. The summed E-state index contributed by atoms with van der Waals surface area (Å²) < 4.78 is 38.8. The van der Waals surface area contributed by atoms with Crippen molar-refractivity contribution in [2.75, 3.05) is 5.32 Å². The van der Waals surface area contributed by atoms with Gasteiger partial charge in [0.15, 0.2) is 0 Å². The maximum Gasteiger partial charge on any atom is 0.272 e. The summed E-state index contributed by atoms with van der Waals surface area (Å²) in [4.78, 5) is 16.3. The fraction of sp³-hybridized carbons (Fsp3) is 0.389. The van der Waals surface area contributed by atoms with Crippen molar-refractivity contribution in [3.8, 4) is 6.07 Å². The van der Waals surface area contributed by atoms with Crippen LogP contribution in [-0.2, 0) is 23.4 Å². The van der Waals surface area contributed by atoms with E-state index in [9.17, 15) is 18.5 Å². The van der Waals surface area contributed by atoms with Crippen molar-refractivity contribution < 1.29 is 18.5 Å². The third-order valence-electron chi connectivity index (χ3n) is 4.37. The summed E-state index contributed by atoms with van der Waals surface area (Å²) in [5.74, 6) is -1.52. The summed E-state index contributed by atoms with van der Waals surface area (Å²) >= 11 is 0. The van der Waals surface area contributed by atoms with E-state index in [1.807, 2.05) is 0 Å². The number of pyridine rings is 1. The SMILES string of the molecule is CCc1c(S(=N)(=O)N[C@H](C)[C@H](C)O)cn(C)c1C(=O)Nc1cc(F)nc(C#N)c1. The topological polar surface area (TPSA) is 144 Å². The van der Waals surface area contributed by atoms with Gasteiger partial charge < -0.3 is 15.0 Å². The second kappa shape index (κ2) is 8.69. The van der Waals surface area contributed by atoms with Crippen LogP contribution in [0.25, 0.3) is 0 Å². The minimum atomic E-state index is -3.50. The molecule has 1 amide bonds. The number of nitrogens with zero attached hydrogens (tertiary/aromatic N) is 3. The monoisotopic (exact) mass is 422 g/mol. The minimum absolute atomic E-state index is 0.0521. The number of aromatic nitrogens is 2. The predicted molar refractivity (Wildman–Crippen MR) is 105 cm³/mol. The van der Waals surface area contributed by atoms with E-state index in [1.165, 1.54) is 23.8 Å². The number of rotatable bonds is 7. The van der Waals surface area contributed by atoms with Gasteiger partial charge in [-0.2, -0.15) is 9.65 Å². The van der Waals surface area contributed by atoms with Crippen molar-refractivity contribution in [1.82, 2.24) is 14.3 Å². The van der Waals surface area contributed by atoms with E-state index in [2.05, 4.69) is 15.0 Å². The van der Waals surface area contributed by atoms with Crippen LogP contribution in [0.15, 0.2) is 23.2 Å². The molecule has 0 aromatic carbocycles. The minimum Gasteiger partial charge on any atom is -0.392 e. The highest BCUT2D eigenvalue weighted by molar-refractivity contribution is 7.90. The molecule has 2 heterocycles. The molecule has 0 spiro atoms. The molecular formula is C18H23FN6O3S. The molecule has 0 bridgehead atoms. The molecule has 0 saturated carbocycles. The van der Waals surface area contributed by atoms with E-state index in [0.29, 0.717) is 12.0 Å². The maximum atomic E-state index is 13.5. The first-order chi connectivity index (χ1) is 13.5. The molecule has 0 radical (unpaired) electrons. The molecule has 0 aliphatic carbocycles. The third kappa shape index (κ3) is 4.97. The Labute approximate surface area is 168 Å². The number of aliphatic hydroxyl groups is 1. The summed E-state index contributed by atoms with van der Waals surface area (Å²) in [5.41, 5.74) is 0.417. The number of nitriles is 1. The fourth-order valence-electron chi connectivity index (χ4n) is 2.77. The van der Waals surface area contributed by atoms with Crippen molar-refractivity contribution in [2.24, 2.45) is 7.05 Å². The van der Waals surface area contributed by atoms with Crippen LogP contribution in [-0.4, -0.2) is 36.9 Å². The molecule has 2 aromatic rings. The summed E-state index contributed by atoms with van der Waals surface area (Å²) in [6, 6.07) is 3.31. The lowest BCUT2D eigenvalue weighted by Gasteiger charge is -2.19. The third-order valence-corrected chi connectivity index (χ3v) is 6.04. The number of halogens is 1. The fourth-order valence-corrected chi connectivity index (χ4v) is 4.52. The number of carbonyl (C=O) groups excluding carboxylic acids is 1. The van der Waals surface area contributed by atoms with Gasteiger partial charge in [-0.15, -0.1) is 0 Å². The molecule has 0 aliphatic heterocycles. The normalized spacial score (nSPS) is 15.2. The Morgan fingerprint density at radius 3 is 2.69 bits per heavy atom. The molecular weight excluding hydrogens is 399 g/mol. The molecule has 2 aromatic heterocycles. The Balaban J connectivity index is 2.43. The lowest BCUT2D eigenvalue weighted by molar-refractivity contribution is 0.101. The maximum absolute atomic E-state index is 13.5. The van der Waals surface area contributed by atoms with Crippen molar-refractivity contribution >= 4 is 21.5 Å². The van der Waals surface area contributed by atoms with Gasteiger partial charge in [-0.05, 0) is 26.3 Å². The zero-order valence-corrected chi connectivity index (χ0v) is 17.3. The van der Waals surface area contributed by atoms with Crippen LogP contribution in [0.4, 0.5) is 10.1 Å². The van der Waals surface area contributed by atoms with E-state index in [0.717, 1.165) is 6.07 Å². The van der Waals surface area contributed by atoms with E-state index < -0.39 is 33.9 Å². The van der Waals surface area contributed by atoms with Gasteiger partial charge in [-0.3, -0.25) is 4.79 Å². The number of aryl methyl sites for hydroxylation is 1. The van der Waals surface area contributed by atoms with Gasteiger partial charge >= 0.3 is 0 Å². The van der Waals surface area contributed by atoms with E-state index in [4.69, 9.17) is 10.0 Å². The van der Waals surface area contributed by atoms with Gasteiger partial charge in [0.05, 0.1) is 11.0 Å². The number of anilines is 1. The van der Waals surface area contributed by atoms with Crippen LogP contribution in [0.1, 0.15) is 42.5 Å². The molecule has 1 unspecified atom stereocenters. The highest BCUT2D eigenvalue weighted by atomic mass is 32.2. The molecule has 0 aliphatic rings. The van der Waals surface area contributed by atoms with Gasteiger partial charge in [0.25, 0.3) is 5.91 Å².